The maximum atomic E-state index is 12.7. The Balaban J connectivity index is 1.71. The molecule has 2 aromatic rings. The monoisotopic (exact) mass is 332 g/mol. The summed E-state index contributed by atoms with van der Waals surface area (Å²) in [4.78, 5) is 30.1. The molecule has 7 heteroatoms. The minimum absolute atomic E-state index is 0.254. The fourth-order valence-electron chi connectivity index (χ4n) is 2.73. The summed E-state index contributed by atoms with van der Waals surface area (Å²) >= 11 is 6.00. The van der Waals surface area contributed by atoms with E-state index in [9.17, 15) is 9.59 Å². The van der Waals surface area contributed by atoms with Crippen LogP contribution in [0.5, 0.6) is 0 Å². The first-order valence-corrected chi connectivity index (χ1v) is 7.74. The van der Waals surface area contributed by atoms with Crippen LogP contribution >= 0.6 is 11.6 Å². The number of hydrogen-bond acceptors (Lipinski definition) is 3. The Bertz CT molecular complexity index is 731. The van der Waals surface area contributed by atoms with Gasteiger partial charge in [-0.15, -0.1) is 0 Å². The summed E-state index contributed by atoms with van der Waals surface area (Å²) in [5.74, 6) is -0.254. The highest BCUT2D eigenvalue weighted by molar-refractivity contribution is 6.30. The Labute approximate surface area is 139 Å². The van der Waals surface area contributed by atoms with Gasteiger partial charge in [-0.25, -0.2) is 9.78 Å². The molecule has 1 fully saturated rings. The summed E-state index contributed by atoms with van der Waals surface area (Å²) in [6, 6.07) is 6.62. The topological polar surface area (TPSA) is 67.2 Å². The van der Waals surface area contributed by atoms with Gasteiger partial charge in [-0.05, 0) is 31.0 Å². The Kier molecular flexibility index (Phi) is 4.09. The maximum absolute atomic E-state index is 12.7. The standard InChI is InChI=1S/C16H17ClN4O2/c1-16(12-4-2-5-13(17)10-12)14(22)21(15(23)19-16)8-3-7-20-9-6-18-11-20/h2,4-6,9-11H,3,7-8H2,1H3,(H,19,23). The molecule has 1 aliphatic heterocycles. The lowest BCUT2D eigenvalue weighted by Crippen LogP contribution is -2.41. The quantitative estimate of drug-likeness (QED) is 0.855. The highest BCUT2D eigenvalue weighted by Gasteiger charge is 2.48. The predicted octanol–water partition coefficient (Wildman–Crippen LogP) is 2.39. The zero-order chi connectivity index (χ0) is 16.4. The van der Waals surface area contributed by atoms with Crippen molar-refractivity contribution in [1.29, 1.82) is 0 Å². The number of rotatable bonds is 5. The van der Waals surface area contributed by atoms with E-state index >= 15 is 0 Å². The third-order valence-corrected chi connectivity index (χ3v) is 4.27. The van der Waals surface area contributed by atoms with Crippen LogP contribution < -0.4 is 5.32 Å². The lowest BCUT2D eigenvalue weighted by molar-refractivity contribution is -0.131. The third kappa shape index (κ3) is 2.94. The Morgan fingerprint density at radius 2 is 2.13 bits per heavy atom. The molecule has 1 aromatic heterocycles. The number of carbonyl (C=O) groups is 2. The van der Waals surface area contributed by atoms with Gasteiger partial charge in [0.1, 0.15) is 5.54 Å². The zero-order valence-electron chi connectivity index (χ0n) is 12.7. The van der Waals surface area contributed by atoms with Gasteiger partial charge in [-0.2, -0.15) is 0 Å². The molecular formula is C16H17ClN4O2. The van der Waals surface area contributed by atoms with E-state index in [0.29, 0.717) is 30.1 Å². The second kappa shape index (κ2) is 6.04. The van der Waals surface area contributed by atoms with Gasteiger partial charge in [-0.1, -0.05) is 23.7 Å². The molecule has 0 spiro atoms. The number of amides is 3. The molecule has 0 bridgehead atoms. The van der Waals surface area contributed by atoms with Crippen LogP contribution in [0.15, 0.2) is 43.0 Å². The molecule has 1 aromatic carbocycles. The van der Waals surface area contributed by atoms with Crippen molar-refractivity contribution in [2.75, 3.05) is 6.54 Å². The Morgan fingerprint density at radius 1 is 1.30 bits per heavy atom. The van der Waals surface area contributed by atoms with Crippen LogP contribution in [-0.4, -0.2) is 32.9 Å². The van der Waals surface area contributed by atoms with Crippen molar-refractivity contribution in [2.24, 2.45) is 0 Å². The summed E-state index contributed by atoms with van der Waals surface area (Å²) < 4.78 is 1.91. The second-order valence-electron chi connectivity index (χ2n) is 5.68. The number of carbonyl (C=O) groups excluding carboxylic acids is 2. The van der Waals surface area contributed by atoms with Crippen molar-refractivity contribution in [3.63, 3.8) is 0 Å². The van der Waals surface area contributed by atoms with E-state index in [-0.39, 0.29) is 11.9 Å². The zero-order valence-corrected chi connectivity index (χ0v) is 13.5. The van der Waals surface area contributed by atoms with E-state index in [2.05, 4.69) is 10.3 Å². The largest absolute Gasteiger partial charge is 0.337 e. The van der Waals surface area contributed by atoms with E-state index in [4.69, 9.17) is 11.6 Å². The molecule has 1 saturated heterocycles. The van der Waals surface area contributed by atoms with Crippen LogP contribution in [0.4, 0.5) is 4.79 Å². The number of aromatic nitrogens is 2. The fraction of sp³-hybridized carbons (Fsp3) is 0.312. The molecule has 1 atom stereocenters. The summed E-state index contributed by atoms with van der Waals surface area (Å²) in [5.41, 5.74) is -0.391. The smallest absolute Gasteiger partial charge is 0.325 e. The van der Waals surface area contributed by atoms with Crippen LogP contribution in [-0.2, 0) is 16.9 Å². The van der Waals surface area contributed by atoms with Gasteiger partial charge < -0.3 is 9.88 Å². The number of nitrogens with zero attached hydrogens (tertiary/aromatic N) is 3. The molecule has 3 amide bonds. The lowest BCUT2D eigenvalue weighted by Gasteiger charge is -2.22. The minimum atomic E-state index is -1.07. The molecule has 0 aliphatic carbocycles. The number of benzene rings is 1. The molecule has 6 nitrogen and oxygen atoms in total. The molecule has 23 heavy (non-hydrogen) atoms. The number of nitrogens with one attached hydrogen (secondary N) is 1. The normalized spacial score (nSPS) is 20.9. The molecule has 120 valence electrons. The van der Waals surface area contributed by atoms with E-state index in [1.165, 1.54) is 4.90 Å². The average molecular weight is 333 g/mol. The number of imide groups is 1. The molecule has 1 aliphatic rings. The molecular weight excluding hydrogens is 316 g/mol. The minimum Gasteiger partial charge on any atom is -0.337 e. The summed E-state index contributed by atoms with van der Waals surface area (Å²) in [6.45, 7) is 2.76. The van der Waals surface area contributed by atoms with Crippen LogP contribution in [0.1, 0.15) is 18.9 Å². The molecule has 2 heterocycles. The van der Waals surface area contributed by atoms with Gasteiger partial charge in [0.15, 0.2) is 0 Å². The molecule has 1 unspecified atom stereocenters. The highest BCUT2D eigenvalue weighted by Crippen LogP contribution is 2.30. The number of aryl methyl sites for hydroxylation is 1. The number of imidazole rings is 1. The first kappa shape index (κ1) is 15.6. The van der Waals surface area contributed by atoms with Crippen molar-refractivity contribution >= 4 is 23.5 Å². The van der Waals surface area contributed by atoms with Crippen molar-refractivity contribution < 1.29 is 9.59 Å². The lowest BCUT2D eigenvalue weighted by atomic mass is 9.92. The molecule has 3 rings (SSSR count). The molecule has 1 N–H and O–H groups in total. The van der Waals surface area contributed by atoms with Gasteiger partial charge in [0, 0.05) is 30.5 Å². The van der Waals surface area contributed by atoms with Crippen molar-refractivity contribution in [1.82, 2.24) is 19.8 Å². The highest BCUT2D eigenvalue weighted by atomic mass is 35.5. The van der Waals surface area contributed by atoms with E-state index in [0.717, 1.165) is 0 Å². The Hall–Kier alpha value is -2.34. The number of hydrogen-bond donors (Lipinski definition) is 1. The first-order chi connectivity index (χ1) is 11.0. The van der Waals surface area contributed by atoms with Crippen LogP contribution in [0.3, 0.4) is 0 Å². The van der Waals surface area contributed by atoms with Gasteiger partial charge in [0.25, 0.3) is 5.91 Å². The maximum Gasteiger partial charge on any atom is 0.325 e. The fourth-order valence-corrected chi connectivity index (χ4v) is 2.92. The second-order valence-corrected chi connectivity index (χ2v) is 6.11. The van der Waals surface area contributed by atoms with E-state index in [1.54, 1.807) is 43.7 Å². The SMILES string of the molecule is CC1(c2cccc(Cl)c2)NC(=O)N(CCCn2ccnc2)C1=O. The van der Waals surface area contributed by atoms with Crippen molar-refractivity contribution in [3.8, 4) is 0 Å². The van der Waals surface area contributed by atoms with Crippen molar-refractivity contribution in [2.45, 2.75) is 25.4 Å². The third-order valence-electron chi connectivity index (χ3n) is 4.03. The Morgan fingerprint density at radius 3 is 2.83 bits per heavy atom. The van der Waals surface area contributed by atoms with Gasteiger partial charge in [-0.3, -0.25) is 9.69 Å². The van der Waals surface area contributed by atoms with Gasteiger partial charge in [0.2, 0.25) is 0 Å². The predicted molar refractivity (Wildman–Crippen MR) is 85.9 cm³/mol. The van der Waals surface area contributed by atoms with Crippen LogP contribution in [0.25, 0.3) is 0 Å². The van der Waals surface area contributed by atoms with E-state index < -0.39 is 5.54 Å². The molecule has 0 saturated carbocycles. The van der Waals surface area contributed by atoms with Crippen LogP contribution in [0, 0.1) is 0 Å². The first-order valence-electron chi connectivity index (χ1n) is 7.36. The average Bonchev–Trinajstić information content (AvgIpc) is 3.10. The van der Waals surface area contributed by atoms with Gasteiger partial charge in [0.05, 0.1) is 6.33 Å². The van der Waals surface area contributed by atoms with Crippen LogP contribution in [0.2, 0.25) is 5.02 Å². The summed E-state index contributed by atoms with van der Waals surface area (Å²) in [6.07, 6.45) is 5.93. The molecule has 0 radical (unpaired) electrons. The number of halogens is 1. The van der Waals surface area contributed by atoms with E-state index in [1.807, 2.05) is 10.8 Å². The number of urea groups is 1. The summed E-state index contributed by atoms with van der Waals surface area (Å²) in [7, 11) is 0. The van der Waals surface area contributed by atoms with Crippen molar-refractivity contribution in [3.05, 3.63) is 53.6 Å². The summed E-state index contributed by atoms with van der Waals surface area (Å²) in [5, 5.41) is 3.31. The van der Waals surface area contributed by atoms with Gasteiger partial charge >= 0.3 is 6.03 Å².